The first-order valence-corrected chi connectivity index (χ1v) is 7.00. The number of hydrogen-bond acceptors (Lipinski definition) is 5. The molecule has 0 amide bonds. The van der Waals surface area contributed by atoms with Crippen LogP contribution in [0.3, 0.4) is 0 Å². The van der Waals surface area contributed by atoms with Crippen LogP contribution >= 0.6 is 11.6 Å². The fourth-order valence-electron chi connectivity index (χ4n) is 2.44. The molecule has 1 fully saturated rings. The molecule has 110 valence electrons. The lowest BCUT2D eigenvalue weighted by molar-refractivity contribution is -0.154. The van der Waals surface area contributed by atoms with E-state index in [1.807, 2.05) is 0 Å². The van der Waals surface area contributed by atoms with E-state index in [1.54, 1.807) is 43.7 Å². The Balaban J connectivity index is 2.09. The van der Waals surface area contributed by atoms with Crippen LogP contribution in [0, 0.1) is 0 Å². The van der Waals surface area contributed by atoms with Crippen molar-refractivity contribution >= 4 is 11.6 Å². The predicted octanol–water partition coefficient (Wildman–Crippen LogP) is 2.43. The molecule has 0 spiro atoms. The van der Waals surface area contributed by atoms with E-state index in [1.165, 1.54) is 0 Å². The van der Waals surface area contributed by atoms with E-state index in [4.69, 9.17) is 21.1 Å². The molecule has 0 saturated carbocycles. The van der Waals surface area contributed by atoms with Gasteiger partial charge in [-0.2, -0.15) is 0 Å². The van der Waals surface area contributed by atoms with Gasteiger partial charge in [-0.1, -0.05) is 11.6 Å². The third-order valence-electron chi connectivity index (χ3n) is 3.50. The van der Waals surface area contributed by atoms with Gasteiger partial charge in [0, 0.05) is 24.2 Å². The van der Waals surface area contributed by atoms with Gasteiger partial charge in [0.2, 0.25) is 5.79 Å². The van der Waals surface area contributed by atoms with Crippen molar-refractivity contribution in [1.82, 2.24) is 9.97 Å². The number of hydrogen-bond donors (Lipinski definition) is 1. The summed E-state index contributed by atoms with van der Waals surface area (Å²) in [5.41, 5.74) is 1.68. The summed E-state index contributed by atoms with van der Waals surface area (Å²) >= 11 is 6.29. The van der Waals surface area contributed by atoms with Crippen molar-refractivity contribution in [3.8, 4) is 0 Å². The fourth-order valence-corrected chi connectivity index (χ4v) is 2.68. The smallest absolute Gasteiger partial charge is 0.209 e. The van der Waals surface area contributed by atoms with E-state index in [0.29, 0.717) is 35.1 Å². The Hall–Kier alpha value is -1.53. The highest BCUT2D eigenvalue weighted by atomic mass is 35.5. The monoisotopic (exact) mass is 306 g/mol. The molecule has 0 aromatic carbocycles. The lowest BCUT2D eigenvalue weighted by atomic mass is 9.97. The molecule has 5 nitrogen and oxygen atoms in total. The summed E-state index contributed by atoms with van der Waals surface area (Å²) in [6.45, 7) is 2.74. The highest BCUT2D eigenvalue weighted by molar-refractivity contribution is 6.31. The molecule has 1 aliphatic rings. The van der Waals surface area contributed by atoms with Crippen LogP contribution in [0.4, 0.5) is 0 Å². The standard InChI is InChI=1S/C15H15ClN2O3/c1-15(20-8-9-21-15)14-12(11(16)4-7-18-14)13(19)10-2-5-17-6-3-10/h2-7,13,19H,8-9H2,1H3. The Bertz CT molecular complexity index is 630. The molecule has 0 bridgehead atoms. The van der Waals surface area contributed by atoms with Crippen molar-refractivity contribution in [3.05, 3.63) is 58.6 Å². The second kappa shape index (κ2) is 5.69. The molecular formula is C15H15ClN2O3. The summed E-state index contributed by atoms with van der Waals surface area (Å²) in [6.07, 6.45) is 3.89. The van der Waals surface area contributed by atoms with Gasteiger partial charge in [-0.25, -0.2) is 0 Å². The van der Waals surface area contributed by atoms with E-state index in [9.17, 15) is 5.11 Å². The molecule has 6 heteroatoms. The summed E-state index contributed by atoms with van der Waals surface area (Å²) in [5, 5.41) is 11.1. The van der Waals surface area contributed by atoms with Crippen molar-refractivity contribution in [2.24, 2.45) is 0 Å². The van der Waals surface area contributed by atoms with Gasteiger partial charge in [-0.05, 0) is 30.7 Å². The van der Waals surface area contributed by atoms with Crippen molar-refractivity contribution < 1.29 is 14.6 Å². The zero-order valence-electron chi connectivity index (χ0n) is 11.5. The summed E-state index contributed by atoms with van der Waals surface area (Å²) in [5.74, 6) is -0.992. The van der Waals surface area contributed by atoms with Crippen LogP contribution in [0.1, 0.15) is 29.8 Å². The highest BCUT2D eigenvalue weighted by Gasteiger charge is 2.39. The average molecular weight is 307 g/mol. The Kier molecular flexibility index (Phi) is 3.91. The second-order valence-electron chi connectivity index (χ2n) is 4.88. The van der Waals surface area contributed by atoms with Gasteiger partial charge in [0.05, 0.1) is 18.2 Å². The topological polar surface area (TPSA) is 64.5 Å². The van der Waals surface area contributed by atoms with Crippen LogP contribution < -0.4 is 0 Å². The first-order chi connectivity index (χ1) is 10.1. The zero-order valence-corrected chi connectivity index (χ0v) is 12.2. The number of aromatic nitrogens is 2. The van der Waals surface area contributed by atoms with Crippen molar-refractivity contribution in [1.29, 1.82) is 0 Å². The SMILES string of the molecule is CC1(c2nccc(Cl)c2C(O)c2ccncc2)OCCO1. The molecule has 1 N–H and O–H groups in total. The van der Waals surface area contributed by atoms with Crippen LogP contribution in [-0.2, 0) is 15.3 Å². The normalized spacial score (nSPS) is 18.6. The Morgan fingerprint density at radius 3 is 2.52 bits per heavy atom. The minimum atomic E-state index is -0.992. The molecular weight excluding hydrogens is 292 g/mol. The third kappa shape index (κ3) is 2.65. The Labute approximate surface area is 127 Å². The number of halogens is 1. The van der Waals surface area contributed by atoms with Crippen LogP contribution in [0.5, 0.6) is 0 Å². The van der Waals surface area contributed by atoms with Gasteiger partial charge in [-0.3, -0.25) is 9.97 Å². The van der Waals surface area contributed by atoms with Gasteiger partial charge in [0.15, 0.2) is 0 Å². The molecule has 3 rings (SSSR count). The highest BCUT2D eigenvalue weighted by Crippen LogP contribution is 2.38. The number of aliphatic hydroxyl groups is 1. The van der Waals surface area contributed by atoms with Crippen molar-refractivity contribution in [3.63, 3.8) is 0 Å². The van der Waals surface area contributed by atoms with Gasteiger partial charge >= 0.3 is 0 Å². The number of aliphatic hydroxyl groups excluding tert-OH is 1. The minimum absolute atomic E-state index is 0.421. The van der Waals surface area contributed by atoms with E-state index >= 15 is 0 Å². The third-order valence-corrected chi connectivity index (χ3v) is 3.83. The molecule has 1 atom stereocenters. The maximum absolute atomic E-state index is 10.7. The molecule has 2 aromatic heterocycles. The molecule has 0 aliphatic carbocycles. The van der Waals surface area contributed by atoms with E-state index in [-0.39, 0.29) is 0 Å². The van der Waals surface area contributed by atoms with Gasteiger partial charge in [0.1, 0.15) is 11.8 Å². The maximum atomic E-state index is 10.7. The van der Waals surface area contributed by atoms with Crippen LogP contribution in [-0.4, -0.2) is 28.3 Å². The summed E-state index contributed by atoms with van der Waals surface area (Å²) in [7, 11) is 0. The van der Waals surface area contributed by atoms with Gasteiger partial charge in [-0.15, -0.1) is 0 Å². The molecule has 0 radical (unpaired) electrons. The van der Waals surface area contributed by atoms with Crippen LogP contribution in [0.15, 0.2) is 36.8 Å². The van der Waals surface area contributed by atoms with Crippen LogP contribution in [0.25, 0.3) is 0 Å². The predicted molar refractivity (Wildman–Crippen MR) is 76.8 cm³/mol. The molecule has 1 saturated heterocycles. The first-order valence-electron chi connectivity index (χ1n) is 6.62. The zero-order chi connectivity index (χ0) is 14.9. The lowest BCUT2D eigenvalue weighted by Gasteiger charge is -2.26. The molecule has 1 unspecified atom stereocenters. The number of ether oxygens (including phenoxy) is 2. The molecule has 2 aromatic rings. The number of rotatable bonds is 3. The summed E-state index contributed by atoms with van der Waals surface area (Å²) < 4.78 is 11.3. The van der Waals surface area contributed by atoms with E-state index in [2.05, 4.69) is 9.97 Å². The number of pyridine rings is 2. The van der Waals surface area contributed by atoms with Crippen molar-refractivity contribution in [2.45, 2.75) is 18.8 Å². The molecule has 21 heavy (non-hydrogen) atoms. The Morgan fingerprint density at radius 2 is 1.86 bits per heavy atom. The number of nitrogens with zero attached hydrogens (tertiary/aromatic N) is 2. The van der Waals surface area contributed by atoms with E-state index in [0.717, 1.165) is 0 Å². The summed E-state index contributed by atoms with van der Waals surface area (Å²) in [4.78, 5) is 8.28. The quantitative estimate of drug-likeness (QED) is 0.943. The molecule has 1 aliphatic heterocycles. The minimum Gasteiger partial charge on any atom is -0.384 e. The first kappa shape index (κ1) is 14.4. The lowest BCUT2D eigenvalue weighted by Crippen LogP contribution is -2.27. The van der Waals surface area contributed by atoms with E-state index < -0.39 is 11.9 Å². The second-order valence-corrected chi connectivity index (χ2v) is 5.29. The van der Waals surface area contributed by atoms with Gasteiger partial charge < -0.3 is 14.6 Å². The maximum Gasteiger partial charge on any atom is 0.209 e. The average Bonchev–Trinajstić information content (AvgIpc) is 2.95. The summed E-state index contributed by atoms with van der Waals surface area (Å²) in [6, 6.07) is 5.11. The van der Waals surface area contributed by atoms with Crippen molar-refractivity contribution in [2.75, 3.05) is 13.2 Å². The Morgan fingerprint density at radius 1 is 1.19 bits per heavy atom. The van der Waals surface area contributed by atoms with Crippen LogP contribution in [0.2, 0.25) is 5.02 Å². The molecule has 3 heterocycles. The fraction of sp³-hybridized carbons (Fsp3) is 0.333. The van der Waals surface area contributed by atoms with Gasteiger partial charge in [0.25, 0.3) is 0 Å². The largest absolute Gasteiger partial charge is 0.384 e.